The van der Waals surface area contributed by atoms with Gasteiger partial charge in [-0.25, -0.2) is 0 Å². The Hall–Kier alpha value is -1.40. The molecule has 0 saturated carbocycles. The first-order chi connectivity index (χ1) is 14.6. The first-order valence-corrected chi connectivity index (χ1v) is 26.6. The van der Waals surface area contributed by atoms with Crippen molar-refractivity contribution in [1.82, 2.24) is 0 Å². The molecule has 1 aliphatic heterocycles. The predicted molar refractivity (Wildman–Crippen MR) is 139 cm³/mol. The van der Waals surface area contributed by atoms with Crippen molar-refractivity contribution in [2.45, 2.75) is 19.7 Å². The van der Waals surface area contributed by atoms with Crippen molar-refractivity contribution in [2.75, 3.05) is 0 Å². The van der Waals surface area contributed by atoms with E-state index in [2.05, 4.69) is 137 Å². The van der Waals surface area contributed by atoms with Crippen LogP contribution in [0.3, 0.4) is 0 Å². The van der Waals surface area contributed by atoms with E-state index < -0.39 is 23.7 Å². The SMILES string of the molecule is [CH3][Sn]1([CH3])[S]c2cccc([Si](c3ccccc3)(c3ccccc3)c3ccccc3)c2[S]1. The summed E-state index contributed by atoms with van der Waals surface area (Å²) in [5, 5.41) is 5.94. The Labute approximate surface area is 189 Å². The number of benzene rings is 4. The standard InChI is InChI=1S/C24H20S2Si.2CH3.Sn/c25-22-17-10-18-23(24(22)26)27(19-11-4-1-5-12-19,20-13-6-2-7-14-20)21-15-8-3-9-16-21;;;/h1-18,25-26H;2*1H3;/q;;;+2/p-2. The summed E-state index contributed by atoms with van der Waals surface area (Å²) in [6.07, 6.45) is 0. The average molecular weight is 547 g/mol. The van der Waals surface area contributed by atoms with Crippen molar-refractivity contribution in [3.8, 4) is 0 Å². The van der Waals surface area contributed by atoms with Crippen LogP contribution < -0.4 is 20.7 Å². The van der Waals surface area contributed by atoms with Gasteiger partial charge in [0.15, 0.2) is 0 Å². The monoisotopic (exact) mass is 548 g/mol. The molecule has 148 valence electrons. The molecule has 0 bridgehead atoms. The van der Waals surface area contributed by atoms with Gasteiger partial charge < -0.3 is 0 Å². The van der Waals surface area contributed by atoms with Crippen LogP contribution in [-0.4, -0.2) is 23.7 Å². The summed E-state index contributed by atoms with van der Waals surface area (Å²) in [6.45, 7) is 0. The molecule has 0 radical (unpaired) electrons. The van der Waals surface area contributed by atoms with Crippen LogP contribution in [0.25, 0.3) is 0 Å². The fourth-order valence-electron chi connectivity index (χ4n) is 4.56. The fraction of sp³-hybridized carbons (Fsp3) is 0.0769. The summed E-state index contributed by atoms with van der Waals surface area (Å²) < 4.78 is 0. The second kappa shape index (κ2) is 8.27. The van der Waals surface area contributed by atoms with Crippen LogP contribution in [0, 0.1) is 0 Å². The summed E-state index contributed by atoms with van der Waals surface area (Å²) >= 11 is -2.20. The third-order valence-electron chi connectivity index (χ3n) is 5.71. The van der Waals surface area contributed by atoms with Gasteiger partial charge in [0.1, 0.15) is 0 Å². The van der Waals surface area contributed by atoms with E-state index in [4.69, 9.17) is 0 Å². The first kappa shape index (κ1) is 20.5. The van der Waals surface area contributed by atoms with E-state index in [-0.39, 0.29) is 0 Å². The van der Waals surface area contributed by atoms with E-state index in [1.807, 2.05) is 0 Å². The van der Waals surface area contributed by atoms with Crippen molar-refractivity contribution in [2.24, 2.45) is 0 Å². The van der Waals surface area contributed by atoms with Crippen molar-refractivity contribution in [1.29, 1.82) is 0 Å². The average Bonchev–Trinajstić information content (AvgIpc) is 3.11. The summed E-state index contributed by atoms with van der Waals surface area (Å²) in [5.74, 6) is 0. The molecule has 0 aliphatic carbocycles. The molecule has 0 saturated heterocycles. The van der Waals surface area contributed by atoms with E-state index in [9.17, 15) is 0 Å². The number of hydrogen-bond acceptors (Lipinski definition) is 2. The molecule has 1 heterocycles. The minimum atomic E-state index is -2.42. The van der Waals surface area contributed by atoms with Crippen molar-refractivity contribution < 1.29 is 0 Å². The van der Waals surface area contributed by atoms with Gasteiger partial charge in [0.25, 0.3) is 0 Å². The van der Waals surface area contributed by atoms with E-state index in [1.54, 1.807) is 10.1 Å². The molecule has 1 aliphatic rings. The molecule has 30 heavy (non-hydrogen) atoms. The molecule has 0 amide bonds. The zero-order valence-corrected chi connectivity index (χ0v) is 22.7. The molecule has 0 nitrogen and oxygen atoms in total. The Balaban J connectivity index is 1.91. The zero-order chi connectivity index (χ0) is 20.6. The molecule has 4 aromatic carbocycles. The van der Waals surface area contributed by atoms with Crippen LogP contribution >= 0.6 is 17.9 Å². The Kier molecular flexibility index (Phi) is 5.65. The van der Waals surface area contributed by atoms with E-state index in [1.165, 1.54) is 20.5 Å². The molecule has 0 aromatic heterocycles. The molecule has 4 aromatic rings. The molecule has 0 spiro atoms. The summed E-state index contributed by atoms with van der Waals surface area (Å²) in [6, 6.07) is 40.8. The Morgan fingerprint density at radius 1 is 0.533 bits per heavy atom. The number of hydrogen-bond donors (Lipinski definition) is 0. The van der Waals surface area contributed by atoms with Gasteiger partial charge in [-0.1, -0.05) is 0 Å². The maximum absolute atomic E-state index is 2.55. The first-order valence-electron chi connectivity index (χ1n) is 10.3. The van der Waals surface area contributed by atoms with E-state index in [0.717, 1.165) is 0 Å². The van der Waals surface area contributed by atoms with Gasteiger partial charge in [-0.05, 0) is 0 Å². The van der Waals surface area contributed by atoms with Crippen LogP contribution in [0.15, 0.2) is 119 Å². The zero-order valence-electron chi connectivity index (χ0n) is 17.2. The van der Waals surface area contributed by atoms with Crippen LogP contribution in [0.1, 0.15) is 0 Å². The molecule has 5 rings (SSSR count). The van der Waals surface area contributed by atoms with Crippen molar-refractivity contribution in [3.05, 3.63) is 109 Å². The van der Waals surface area contributed by atoms with Crippen molar-refractivity contribution in [3.63, 3.8) is 0 Å². The maximum atomic E-state index is 2.55. The molecule has 0 atom stereocenters. The topological polar surface area (TPSA) is 0 Å². The van der Waals surface area contributed by atoms with Gasteiger partial charge in [0.2, 0.25) is 0 Å². The molecule has 0 fully saturated rings. The molecule has 0 N–H and O–H groups in total. The van der Waals surface area contributed by atoms with Gasteiger partial charge in [0, 0.05) is 0 Å². The van der Waals surface area contributed by atoms with Gasteiger partial charge in [-0.2, -0.15) is 0 Å². The van der Waals surface area contributed by atoms with Gasteiger partial charge >= 0.3 is 191 Å². The normalized spacial score (nSPS) is 15.0. The molecular weight excluding hydrogens is 523 g/mol. The Bertz CT molecular complexity index is 1060. The second-order valence-corrected chi connectivity index (χ2v) is 40.0. The van der Waals surface area contributed by atoms with E-state index >= 15 is 0 Å². The molecular formula is C26H24S2SiSn. The van der Waals surface area contributed by atoms with Gasteiger partial charge in [-0.3, -0.25) is 0 Å². The Morgan fingerprint density at radius 2 is 1.00 bits per heavy atom. The molecule has 0 unspecified atom stereocenters. The third kappa shape index (κ3) is 3.50. The van der Waals surface area contributed by atoms with Crippen LogP contribution in [0.4, 0.5) is 0 Å². The molecule has 4 heteroatoms. The predicted octanol–water partition coefficient (Wildman–Crippen LogP) is 4.96. The minimum absolute atomic E-state index is 1.46. The van der Waals surface area contributed by atoms with Gasteiger partial charge in [-0.15, -0.1) is 0 Å². The number of rotatable bonds is 4. The Morgan fingerprint density at radius 3 is 1.47 bits per heavy atom. The van der Waals surface area contributed by atoms with Crippen molar-refractivity contribution >= 4 is 62.3 Å². The summed E-state index contributed by atoms with van der Waals surface area (Å²) in [5.41, 5.74) is 0. The summed E-state index contributed by atoms with van der Waals surface area (Å²) in [7, 11) is 2.02. The van der Waals surface area contributed by atoms with Gasteiger partial charge in [0.05, 0.1) is 0 Å². The third-order valence-corrected chi connectivity index (χ3v) is 28.4. The van der Waals surface area contributed by atoms with Crippen LogP contribution in [-0.2, 0) is 0 Å². The van der Waals surface area contributed by atoms with E-state index in [0.29, 0.717) is 0 Å². The summed E-state index contributed by atoms with van der Waals surface area (Å²) in [4.78, 5) is 8.17. The van der Waals surface area contributed by atoms with Crippen LogP contribution in [0.2, 0.25) is 9.88 Å². The quantitative estimate of drug-likeness (QED) is 0.262. The second-order valence-electron chi connectivity index (χ2n) is 8.08. The number of fused-ring (bicyclic) bond motifs is 1. The van der Waals surface area contributed by atoms with Crippen LogP contribution in [0.5, 0.6) is 0 Å². The fourth-order valence-corrected chi connectivity index (χ4v) is 31.0.